The van der Waals surface area contributed by atoms with Crippen LogP contribution in [0.5, 0.6) is 0 Å². The molecule has 2 heterocycles. The van der Waals surface area contributed by atoms with E-state index in [1.165, 1.54) is 4.90 Å². The highest BCUT2D eigenvalue weighted by Gasteiger charge is 2.21. The average molecular weight is 441 g/mol. The SMILES string of the molecule is O=C(CCSc1ccc(Br)cc1)N1CCN(c2ccc(Cl)cn2)CC1. The molecule has 0 spiro atoms. The van der Waals surface area contributed by atoms with Gasteiger partial charge >= 0.3 is 0 Å². The second-order valence-corrected chi connectivity index (χ2v) is 8.28. The lowest BCUT2D eigenvalue weighted by Crippen LogP contribution is -2.49. The van der Waals surface area contributed by atoms with Crippen LogP contribution in [-0.2, 0) is 4.79 Å². The van der Waals surface area contributed by atoms with Crippen LogP contribution in [-0.4, -0.2) is 47.7 Å². The Bertz CT molecular complexity index is 703. The van der Waals surface area contributed by atoms with Crippen LogP contribution >= 0.6 is 39.3 Å². The third kappa shape index (κ3) is 5.36. The predicted molar refractivity (Wildman–Crippen MR) is 108 cm³/mol. The Morgan fingerprint density at radius 1 is 1.12 bits per heavy atom. The van der Waals surface area contributed by atoms with Gasteiger partial charge < -0.3 is 9.80 Å². The zero-order valence-corrected chi connectivity index (χ0v) is 16.9. The van der Waals surface area contributed by atoms with Crippen molar-refractivity contribution < 1.29 is 4.79 Å². The highest BCUT2D eigenvalue weighted by atomic mass is 79.9. The summed E-state index contributed by atoms with van der Waals surface area (Å²) in [5, 5.41) is 0.640. The van der Waals surface area contributed by atoms with Crippen LogP contribution in [0.3, 0.4) is 0 Å². The van der Waals surface area contributed by atoms with E-state index in [0.29, 0.717) is 11.4 Å². The normalized spacial score (nSPS) is 14.6. The van der Waals surface area contributed by atoms with Crippen LogP contribution in [0.2, 0.25) is 5.02 Å². The molecule has 25 heavy (non-hydrogen) atoms. The van der Waals surface area contributed by atoms with Crippen LogP contribution in [0.4, 0.5) is 5.82 Å². The minimum atomic E-state index is 0.230. The molecule has 7 heteroatoms. The average Bonchev–Trinajstić information content (AvgIpc) is 2.64. The molecule has 0 radical (unpaired) electrons. The Kier molecular flexibility index (Phi) is 6.62. The fourth-order valence-electron chi connectivity index (χ4n) is 2.69. The number of carbonyl (C=O) groups is 1. The highest BCUT2D eigenvalue weighted by Crippen LogP contribution is 2.22. The van der Waals surface area contributed by atoms with E-state index in [9.17, 15) is 4.79 Å². The monoisotopic (exact) mass is 439 g/mol. The molecule has 2 aromatic rings. The van der Waals surface area contributed by atoms with Crippen molar-refractivity contribution in [3.8, 4) is 0 Å². The van der Waals surface area contributed by atoms with Crippen molar-refractivity contribution >= 4 is 51.0 Å². The standard InChI is InChI=1S/C18H19BrClN3OS/c19-14-1-4-16(5-2-14)25-12-7-18(24)23-10-8-22(9-11-23)17-6-3-15(20)13-21-17/h1-6,13H,7-12H2. The summed E-state index contributed by atoms with van der Waals surface area (Å²) in [6, 6.07) is 12.0. The maximum atomic E-state index is 12.4. The van der Waals surface area contributed by atoms with Gasteiger partial charge in [0, 0.05) is 53.9 Å². The van der Waals surface area contributed by atoms with Gasteiger partial charge in [-0.25, -0.2) is 4.98 Å². The summed E-state index contributed by atoms with van der Waals surface area (Å²) in [4.78, 5) is 22.1. The second kappa shape index (κ2) is 8.92. The van der Waals surface area contributed by atoms with E-state index in [-0.39, 0.29) is 5.91 Å². The van der Waals surface area contributed by atoms with Crippen molar-refractivity contribution in [2.24, 2.45) is 0 Å². The fourth-order valence-corrected chi connectivity index (χ4v) is 3.90. The minimum absolute atomic E-state index is 0.230. The number of amides is 1. The third-order valence-electron chi connectivity index (χ3n) is 4.07. The maximum absolute atomic E-state index is 12.4. The summed E-state index contributed by atoms with van der Waals surface area (Å²) in [7, 11) is 0. The molecular weight excluding hydrogens is 422 g/mol. The molecule has 0 N–H and O–H groups in total. The number of thioether (sulfide) groups is 1. The number of aromatic nitrogens is 1. The number of hydrogen-bond donors (Lipinski definition) is 0. The number of anilines is 1. The van der Waals surface area contributed by atoms with Crippen LogP contribution in [0.15, 0.2) is 52.0 Å². The summed E-state index contributed by atoms with van der Waals surface area (Å²) in [6.07, 6.45) is 2.23. The first kappa shape index (κ1) is 18.5. The van der Waals surface area contributed by atoms with E-state index < -0.39 is 0 Å². The van der Waals surface area contributed by atoms with E-state index in [0.717, 1.165) is 42.2 Å². The van der Waals surface area contributed by atoms with Crippen molar-refractivity contribution in [1.82, 2.24) is 9.88 Å². The molecule has 1 aromatic carbocycles. The summed E-state index contributed by atoms with van der Waals surface area (Å²) < 4.78 is 1.07. The summed E-state index contributed by atoms with van der Waals surface area (Å²) in [6.45, 7) is 3.10. The Balaban J connectivity index is 1.42. The van der Waals surface area contributed by atoms with E-state index in [4.69, 9.17) is 11.6 Å². The maximum Gasteiger partial charge on any atom is 0.223 e. The number of carbonyl (C=O) groups excluding carboxylic acids is 1. The predicted octanol–water partition coefficient (Wildman–Crippen LogP) is 4.33. The number of halogens is 2. The van der Waals surface area contributed by atoms with Gasteiger partial charge in [-0.1, -0.05) is 27.5 Å². The van der Waals surface area contributed by atoms with Gasteiger partial charge in [0.1, 0.15) is 5.82 Å². The van der Waals surface area contributed by atoms with Crippen LogP contribution < -0.4 is 4.90 Å². The number of benzene rings is 1. The topological polar surface area (TPSA) is 36.4 Å². The Labute approximate surface area is 165 Å². The lowest BCUT2D eigenvalue weighted by molar-refractivity contribution is -0.131. The van der Waals surface area contributed by atoms with E-state index in [1.807, 2.05) is 29.2 Å². The van der Waals surface area contributed by atoms with Crippen LogP contribution in [0.25, 0.3) is 0 Å². The first-order valence-electron chi connectivity index (χ1n) is 8.14. The van der Waals surface area contributed by atoms with Crippen molar-refractivity contribution in [3.63, 3.8) is 0 Å². The van der Waals surface area contributed by atoms with Crippen molar-refractivity contribution in [1.29, 1.82) is 0 Å². The zero-order chi connectivity index (χ0) is 17.6. The van der Waals surface area contributed by atoms with E-state index in [1.54, 1.807) is 18.0 Å². The molecule has 1 aliphatic heterocycles. The molecule has 0 aliphatic carbocycles. The van der Waals surface area contributed by atoms with E-state index >= 15 is 0 Å². The van der Waals surface area contributed by atoms with Crippen LogP contribution in [0, 0.1) is 0 Å². The number of hydrogen-bond acceptors (Lipinski definition) is 4. The number of rotatable bonds is 5. The Hall–Kier alpha value is -1.24. The van der Waals surface area contributed by atoms with Gasteiger partial charge in [0.2, 0.25) is 5.91 Å². The number of nitrogens with zero attached hydrogens (tertiary/aromatic N) is 3. The highest BCUT2D eigenvalue weighted by molar-refractivity contribution is 9.10. The van der Waals surface area contributed by atoms with Gasteiger partial charge in [-0.15, -0.1) is 11.8 Å². The molecular formula is C18H19BrClN3OS. The van der Waals surface area contributed by atoms with Gasteiger partial charge in [0.25, 0.3) is 0 Å². The second-order valence-electron chi connectivity index (χ2n) is 5.75. The molecule has 1 saturated heterocycles. The molecule has 0 atom stereocenters. The van der Waals surface area contributed by atoms with Crippen molar-refractivity contribution in [2.45, 2.75) is 11.3 Å². The molecule has 1 aliphatic rings. The summed E-state index contributed by atoms with van der Waals surface area (Å²) in [5.41, 5.74) is 0. The molecule has 1 aromatic heterocycles. The lowest BCUT2D eigenvalue weighted by atomic mass is 10.3. The summed E-state index contributed by atoms with van der Waals surface area (Å²) >= 11 is 11.0. The third-order valence-corrected chi connectivity index (χ3v) is 5.83. The Morgan fingerprint density at radius 2 is 1.84 bits per heavy atom. The quantitative estimate of drug-likeness (QED) is 0.649. The Morgan fingerprint density at radius 3 is 2.48 bits per heavy atom. The molecule has 0 saturated carbocycles. The van der Waals surface area contributed by atoms with Gasteiger partial charge in [-0.05, 0) is 36.4 Å². The van der Waals surface area contributed by atoms with Gasteiger partial charge in [0.15, 0.2) is 0 Å². The molecule has 0 bridgehead atoms. The number of piperazine rings is 1. The van der Waals surface area contributed by atoms with Crippen molar-refractivity contribution in [2.75, 3.05) is 36.8 Å². The van der Waals surface area contributed by atoms with Crippen LogP contribution in [0.1, 0.15) is 6.42 Å². The van der Waals surface area contributed by atoms with E-state index in [2.05, 4.69) is 37.9 Å². The van der Waals surface area contributed by atoms with Gasteiger partial charge in [-0.2, -0.15) is 0 Å². The molecule has 1 fully saturated rings. The number of pyridine rings is 1. The first-order valence-corrected chi connectivity index (χ1v) is 10.3. The van der Waals surface area contributed by atoms with Crippen molar-refractivity contribution in [3.05, 3.63) is 52.1 Å². The molecule has 0 unspecified atom stereocenters. The first-order chi connectivity index (χ1) is 12.1. The molecule has 3 rings (SSSR count). The largest absolute Gasteiger partial charge is 0.353 e. The summed E-state index contributed by atoms with van der Waals surface area (Å²) in [5.74, 6) is 1.95. The zero-order valence-electron chi connectivity index (χ0n) is 13.7. The lowest BCUT2D eigenvalue weighted by Gasteiger charge is -2.35. The smallest absolute Gasteiger partial charge is 0.223 e. The molecule has 4 nitrogen and oxygen atoms in total. The van der Waals surface area contributed by atoms with Gasteiger partial charge in [-0.3, -0.25) is 4.79 Å². The van der Waals surface area contributed by atoms with Gasteiger partial charge in [0.05, 0.1) is 5.02 Å². The minimum Gasteiger partial charge on any atom is -0.353 e. The fraction of sp³-hybridized carbons (Fsp3) is 0.333. The molecule has 132 valence electrons. The molecule has 1 amide bonds.